The Kier molecular flexibility index (Phi) is 6.11. The summed E-state index contributed by atoms with van der Waals surface area (Å²) in [6, 6.07) is 9.48. The zero-order valence-corrected chi connectivity index (χ0v) is 11.4. The summed E-state index contributed by atoms with van der Waals surface area (Å²) in [5.41, 5.74) is 0.166. The molecule has 0 bridgehead atoms. The number of carbonyl (C=O) groups is 1. The van der Waals surface area contributed by atoms with Crippen molar-refractivity contribution in [2.24, 2.45) is 0 Å². The van der Waals surface area contributed by atoms with E-state index in [-0.39, 0.29) is 12.5 Å². The highest BCUT2D eigenvalue weighted by Gasteiger charge is 2.27. The van der Waals surface area contributed by atoms with Crippen molar-refractivity contribution in [1.82, 2.24) is 5.32 Å². The van der Waals surface area contributed by atoms with Crippen LogP contribution in [0.1, 0.15) is 38.2 Å². The minimum absolute atomic E-state index is 0.0579. The first kappa shape index (κ1) is 15.3. The van der Waals surface area contributed by atoms with Gasteiger partial charge >= 0.3 is 0 Å². The molecule has 19 heavy (non-hydrogen) atoms. The zero-order valence-electron chi connectivity index (χ0n) is 11.4. The second-order valence-corrected chi connectivity index (χ2v) is 4.82. The Morgan fingerprint density at radius 3 is 2.63 bits per heavy atom. The van der Waals surface area contributed by atoms with Gasteiger partial charge in [-0.25, -0.2) is 0 Å². The van der Waals surface area contributed by atoms with Crippen molar-refractivity contribution in [3.8, 4) is 12.3 Å². The molecule has 0 spiro atoms. The second-order valence-electron chi connectivity index (χ2n) is 4.82. The van der Waals surface area contributed by atoms with Gasteiger partial charge in [0.1, 0.15) is 0 Å². The Morgan fingerprint density at radius 1 is 1.37 bits per heavy atom. The number of aliphatic hydroxyl groups is 1. The summed E-state index contributed by atoms with van der Waals surface area (Å²) in [4.78, 5) is 11.9. The quantitative estimate of drug-likeness (QED) is 0.582. The van der Waals surface area contributed by atoms with Gasteiger partial charge in [-0.05, 0) is 25.3 Å². The van der Waals surface area contributed by atoms with Crippen LogP contribution in [0.2, 0.25) is 0 Å². The summed E-state index contributed by atoms with van der Waals surface area (Å²) >= 11 is 0. The normalized spacial score (nSPS) is 13.3. The number of amides is 1. The van der Waals surface area contributed by atoms with Crippen LogP contribution >= 0.6 is 0 Å². The number of benzene rings is 1. The predicted molar refractivity (Wildman–Crippen MR) is 76.3 cm³/mol. The molecule has 0 saturated carbocycles. The summed E-state index contributed by atoms with van der Waals surface area (Å²) in [6.45, 7) is 1.69. The van der Waals surface area contributed by atoms with Gasteiger partial charge in [0.2, 0.25) is 5.91 Å². The number of nitrogens with one attached hydrogen (secondary N) is 1. The molecule has 3 nitrogen and oxygen atoms in total. The molecule has 0 radical (unpaired) electrons. The molecule has 2 N–H and O–H groups in total. The first-order valence-electron chi connectivity index (χ1n) is 6.53. The van der Waals surface area contributed by atoms with Crippen molar-refractivity contribution in [1.29, 1.82) is 0 Å². The van der Waals surface area contributed by atoms with Gasteiger partial charge < -0.3 is 10.4 Å². The summed E-state index contributed by atoms with van der Waals surface area (Å²) in [5, 5.41) is 12.5. The van der Waals surface area contributed by atoms with Crippen molar-refractivity contribution >= 4 is 5.91 Å². The summed E-state index contributed by atoms with van der Waals surface area (Å²) in [6.07, 6.45) is 7.92. The Balaban J connectivity index is 2.57. The average molecular weight is 259 g/mol. The lowest BCUT2D eigenvalue weighted by Crippen LogP contribution is -2.46. The molecule has 0 aromatic heterocycles. The number of hydrogen-bond acceptors (Lipinski definition) is 2. The first-order valence-corrected chi connectivity index (χ1v) is 6.53. The van der Waals surface area contributed by atoms with Crippen LogP contribution in [0.3, 0.4) is 0 Å². The van der Waals surface area contributed by atoms with Crippen LogP contribution in [0.15, 0.2) is 30.3 Å². The van der Waals surface area contributed by atoms with E-state index in [2.05, 4.69) is 11.2 Å². The number of hydrogen-bond donors (Lipinski definition) is 2. The number of rotatable bonds is 7. The van der Waals surface area contributed by atoms with Crippen molar-refractivity contribution in [2.45, 2.75) is 38.1 Å². The van der Waals surface area contributed by atoms with Crippen molar-refractivity contribution in [3.63, 3.8) is 0 Å². The van der Waals surface area contributed by atoms with Crippen LogP contribution in [0, 0.1) is 12.3 Å². The van der Waals surface area contributed by atoms with Crippen LogP contribution in [0.4, 0.5) is 0 Å². The van der Waals surface area contributed by atoms with Gasteiger partial charge in [-0.15, -0.1) is 12.3 Å². The molecule has 1 atom stereocenters. The lowest BCUT2D eigenvalue weighted by atomic mass is 9.92. The van der Waals surface area contributed by atoms with E-state index in [4.69, 9.17) is 6.42 Å². The minimum atomic E-state index is -0.732. The molecule has 3 heteroatoms. The summed E-state index contributed by atoms with van der Waals surface area (Å²) in [7, 11) is 0. The monoisotopic (exact) mass is 259 g/mol. The van der Waals surface area contributed by atoms with Gasteiger partial charge in [0.25, 0.3) is 0 Å². The molecule has 1 amide bonds. The van der Waals surface area contributed by atoms with Crippen molar-refractivity contribution in [3.05, 3.63) is 35.9 Å². The SMILES string of the molecule is C#CCCCCC(=O)NC(C)(CO)c1ccccc1. The highest BCUT2D eigenvalue weighted by Crippen LogP contribution is 2.20. The Morgan fingerprint density at radius 2 is 2.05 bits per heavy atom. The van der Waals surface area contributed by atoms with Gasteiger partial charge in [-0.1, -0.05) is 30.3 Å². The van der Waals surface area contributed by atoms with E-state index in [9.17, 15) is 9.90 Å². The molecular weight excluding hydrogens is 238 g/mol. The molecule has 1 unspecified atom stereocenters. The molecule has 0 fully saturated rings. The van der Waals surface area contributed by atoms with E-state index in [0.29, 0.717) is 12.8 Å². The Labute approximate surface area is 115 Å². The molecule has 0 aliphatic heterocycles. The highest BCUT2D eigenvalue weighted by atomic mass is 16.3. The number of carbonyl (C=O) groups excluding carboxylic acids is 1. The molecule has 0 heterocycles. The maximum absolute atomic E-state index is 11.9. The average Bonchev–Trinajstić information content (AvgIpc) is 2.44. The molecule has 1 aromatic rings. The van der Waals surface area contributed by atoms with Crippen molar-refractivity contribution in [2.75, 3.05) is 6.61 Å². The molecule has 0 aliphatic rings. The number of aliphatic hydroxyl groups excluding tert-OH is 1. The van der Waals surface area contributed by atoms with Gasteiger partial charge in [-0.2, -0.15) is 0 Å². The summed E-state index contributed by atoms with van der Waals surface area (Å²) < 4.78 is 0. The van der Waals surface area contributed by atoms with Crippen LogP contribution in [0.5, 0.6) is 0 Å². The standard InChI is InChI=1S/C16H21NO2/c1-3-4-5-9-12-15(19)17-16(2,13-18)14-10-7-6-8-11-14/h1,6-8,10-11,18H,4-5,9,12-13H2,2H3,(H,17,19). The van der Waals surface area contributed by atoms with E-state index < -0.39 is 5.54 Å². The lowest BCUT2D eigenvalue weighted by molar-refractivity contribution is -0.123. The topological polar surface area (TPSA) is 49.3 Å². The van der Waals surface area contributed by atoms with Gasteiger partial charge in [0.15, 0.2) is 0 Å². The van der Waals surface area contributed by atoms with E-state index >= 15 is 0 Å². The van der Waals surface area contributed by atoms with Crippen molar-refractivity contribution < 1.29 is 9.90 Å². The van der Waals surface area contributed by atoms with Crippen LogP contribution in [0.25, 0.3) is 0 Å². The van der Waals surface area contributed by atoms with Crippen LogP contribution < -0.4 is 5.32 Å². The number of unbranched alkanes of at least 4 members (excludes halogenated alkanes) is 2. The minimum Gasteiger partial charge on any atom is -0.394 e. The maximum atomic E-state index is 11.9. The fraction of sp³-hybridized carbons (Fsp3) is 0.438. The first-order chi connectivity index (χ1) is 9.12. The Bertz CT molecular complexity index is 436. The molecule has 1 aromatic carbocycles. The van der Waals surface area contributed by atoms with Crippen LogP contribution in [-0.2, 0) is 10.3 Å². The fourth-order valence-corrected chi connectivity index (χ4v) is 1.89. The maximum Gasteiger partial charge on any atom is 0.220 e. The third-order valence-electron chi connectivity index (χ3n) is 3.12. The van der Waals surface area contributed by atoms with E-state index in [1.165, 1.54) is 0 Å². The van der Waals surface area contributed by atoms with Gasteiger partial charge in [0, 0.05) is 12.8 Å². The molecule has 1 rings (SSSR count). The number of terminal acetylenes is 1. The molecular formula is C16H21NO2. The van der Waals surface area contributed by atoms with E-state index in [1.54, 1.807) is 0 Å². The largest absolute Gasteiger partial charge is 0.394 e. The molecule has 0 aliphatic carbocycles. The summed E-state index contributed by atoms with van der Waals surface area (Å²) in [5.74, 6) is 2.50. The third kappa shape index (κ3) is 4.76. The van der Waals surface area contributed by atoms with Gasteiger partial charge in [-0.3, -0.25) is 4.79 Å². The zero-order chi connectivity index (χ0) is 14.1. The smallest absolute Gasteiger partial charge is 0.220 e. The lowest BCUT2D eigenvalue weighted by Gasteiger charge is -2.29. The van der Waals surface area contributed by atoms with Gasteiger partial charge in [0.05, 0.1) is 12.1 Å². The third-order valence-corrected chi connectivity index (χ3v) is 3.12. The van der Waals surface area contributed by atoms with Crippen LogP contribution in [-0.4, -0.2) is 17.6 Å². The second kappa shape index (κ2) is 7.60. The molecule has 102 valence electrons. The Hall–Kier alpha value is -1.79. The van der Waals surface area contributed by atoms with E-state index in [1.807, 2.05) is 37.3 Å². The predicted octanol–water partition coefficient (Wildman–Crippen LogP) is 2.20. The molecule has 0 saturated heterocycles. The fourth-order valence-electron chi connectivity index (χ4n) is 1.89. The highest BCUT2D eigenvalue weighted by molar-refractivity contribution is 5.77. The van der Waals surface area contributed by atoms with E-state index in [0.717, 1.165) is 18.4 Å².